The highest BCUT2D eigenvalue weighted by Crippen LogP contribution is 2.43. The number of ether oxygens (including phenoxy) is 1. The van der Waals surface area contributed by atoms with Gasteiger partial charge in [0, 0.05) is 16.3 Å². The number of furan rings is 1. The Labute approximate surface area is 184 Å². The third-order valence-electron chi connectivity index (χ3n) is 5.00. The molecule has 0 saturated carbocycles. The Morgan fingerprint density at radius 3 is 2.52 bits per heavy atom. The van der Waals surface area contributed by atoms with Crippen molar-refractivity contribution in [2.45, 2.75) is 19.9 Å². The van der Waals surface area contributed by atoms with Crippen molar-refractivity contribution in [3.63, 3.8) is 0 Å². The zero-order valence-corrected chi connectivity index (χ0v) is 17.7. The van der Waals surface area contributed by atoms with Crippen molar-refractivity contribution in [1.29, 1.82) is 0 Å². The van der Waals surface area contributed by atoms with E-state index in [2.05, 4.69) is 0 Å². The molecule has 2 heterocycles. The van der Waals surface area contributed by atoms with E-state index in [4.69, 9.17) is 20.8 Å². The van der Waals surface area contributed by atoms with E-state index in [-0.39, 0.29) is 11.3 Å². The number of Topliss-reactive ketones (excluding diaryl/α,β-unsaturated/α-hetero) is 1. The Hall–Kier alpha value is -3.51. The summed E-state index contributed by atoms with van der Waals surface area (Å²) in [4.78, 5) is 27.4. The fraction of sp³-hybridized carbons (Fsp3) is 0.167. The molecule has 1 aliphatic rings. The number of aryl methyl sites for hydroxylation is 1. The predicted octanol–water partition coefficient (Wildman–Crippen LogP) is 5.27. The zero-order valence-electron chi connectivity index (χ0n) is 17.0. The number of carbonyl (C=O) groups is 2. The molecule has 0 aliphatic carbocycles. The van der Waals surface area contributed by atoms with Gasteiger partial charge in [-0.2, -0.15) is 0 Å². The average Bonchev–Trinajstić information content (AvgIpc) is 3.30. The number of rotatable bonds is 5. The van der Waals surface area contributed by atoms with E-state index in [1.165, 1.54) is 4.90 Å². The average molecular weight is 438 g/mol. The van der Waals surface area contributed by atoms with Crippen molar-refractivity contribution < 1.29 is 23.8 Å². The highest BCUT2D eigenvalue weighted by molar-refractivity contribution is 6.51. The first-order valence-electron chi connectivity index (χ1n) is 9.77. The smallest absolute Gasteiger partial charge is 0.300 e. The first-order valence-corrected chi connectivity index (χ1v) is 10.1. The highest BCUT2D eigenvalue weighted by atomic mass is 35.5. The number of ketones is 1. The van der Waals surface area contributed by atoms with Crippen molar-refractivity contribution in [3.05, 3.63) is 88.3 Å². The molecule has 4 rings (SSSR count). The van der Waals surface area contributed by atoms with Gasteiger partial charge in [-0.1, -0.05) is 23.7 Å². The number of carbonyl (C=O) groups excluding carboxylic acids is 2. The van der Waals surface area contributed by atoms with E-state index < -0.39 is 17.7 Å². The Morgan fingerprint density at radius 2 is 1.87 bits per heavy atom. The van der Waals surface area contributed by atoms with Crippen LogP contribution in [0.15, 0.2) is 70.7 Å². The van der Waals surface area contributed by atoms with E-state index in [0.717, 1.165) is 0 Å². The number of hydrogen-bond donors (Lipinski definition) is 1. The number of nitrogens with zero attached hydrogens (tertiary/aromatic N) is 1. The number of hydrogen-bond acceptors (Lipinski definition) is 5. The van der Waals surface area contributed by atoms with Crippen molar-refractivity contribution in [3.8, 4) is 5.75 Å². The molecule has 1 fully saturated rings. The number of halogens is 1. The molecular weight excluding hydrogens is 418 g/mol. The first kappa shape index (κ1) is 20.8. The maximum absolute atomic E-state index is 13.1. The molecule has 1 atom stereocenters. The van der Waals surface area contributed by atoms with Gasteiger partial charge in [0.05, 0.1) is 12.2 Å². The second-order valence-corrected chi connectivity index (χ2v) is 7.49. The van der Waals surface area contributed by atoms with Gasteiger partial charge in [-0.3, -0.25) is 14.5 Å². The molecule has 0 bridgehead atoms. The van der Waals surface area contributed by atoms with Crippen LogP contribution in [0.2, 0.25) is 5.02 Å². The maximum Gasteiger partial charge on any atom is 0.300 e. The summed E-state index contributed by atoms with van der Waals surface area (Å²) >= 11 is 5.99. The number of anilines is 1. The second kappa shape index (κ2) is 8.32. The molecule has 1 amide bonds. The lowest BCUT2D eigenvalue weighted by atomic mass is 9.99. The largest absolute Gasteiger partial charge is 0.507 e. The number of amides is 1. The molecule has 0 spiro atoms. The topological polar surface area (TPSA) is 80.0 Å². The molecule has 7 heteroatoms. The van der Waals surface area contributed by atoms with Crippen LogP contribution in [0.5, 0.6) is 5.75 Å². The summed E-state index contributed by atoms with van der Waals surface area (Å²) in [6.45, 7) is 4.07. The summed E-state index contributed by atoms with van der Waals surface area (Å²) in [5.41, 5.74) is 0.781. The van der Waals surface area contributed by atoms with Crippen LogP contribution in [0.25, 0.3) is 5.76 Å². The van der Waals surface area contributed by atoms with Crippen LogP contribution in [-0.4, -0.2) is 23.4 Å². The maximum atomic E-state index is 13.1. The van der Waals surface area contributed by atoms with Crippen LogP contribution in [0.4, 0.5) is 5.69 Å². The summed E-state index contributed by atoms with van der Waals surface area (Å²) in [6, 6.07) is 15.8. The van der Waals surface area contributed by atoms with Gasteiger partial charge in [0.1, 0.15) is 29.1 Å². The Bertz CT molecular complexity index is 1180. The van der Waals surface area contributed by atoms with Crippen LogP contribution in [0.1, 0.15) is 30.0 Å². The number of benzene rings is 2. The first-order chi connectivity index (χ1) is 14.9. The molecule has 158 valence electrons. The molecule has 0 radical (unpaired) electrons. The second-order valence-electron chi connectivity index (χ2n) is 7.05. The summed E-state index contributed by atoms with van der Waals surface area (Å²) in [5.74, 6) is -0.319. The molecule has 31 heavy (non-hydrogen) atoms. The highest BCUT2D eigenvalue weighted by Gasteiger charge is 2.48. The summed E-state index contributed by atoms with van der Waals surface area (Å²) in [7, 11) is 0. The molecule has 1 N–H and O–H groups in total. The molecule has 1 saturated heterocycles. The zero-order chi connectivity index (χ0) is 22.1. The SMILES string of the molecule is CCOc1cccc(/C(O)=C2/C(=O)C(=O)N(c3ccc(Cl)cc3)C2c2ccc(C)o2)c1. The molecule has 1 unspecified atom stereocenters. The van der Waals surface area contributed by atoms with Gasteiger partial charge in [-0.05, 0) is 62.4 Å². The third kappa shape index (κ3) is 3.82. The van der Waals surface area contributed by atoms with Gasteiger partial charge in [0.15, 0.2) is 0 Å². The van der Waals surface area contributed by atoms with Gasteiger partial charge in [0.25, 0.3) is 11.7 Å². The van der Waals surface area contributed by atoms with Crippen molar-refractivity contribution >= 4 is 34.7 Å². The molecule has 1 aliphatic heterocycles. The lowest BCUT2D eigenvalue weighted by Crippen LogP contribution is -2.29. The Balaban J connectivity index is 1.90. The summed E-state index contributed by atoms with van der Waals surface area (Å²) in [5, 5.41) is 11.6. The van der Waals surface area contributed by atoms with E-state index >= 15 is 0 Å². The molecule has 3 aromatic rings. The fourth-order valence-electron chi connectivity index (χ4n) is 3.63. The minimum absolute atomic E-state index is 0.0528. The van der Waals surface area contributed by atoms with E-state index in [1.807, 2.05) is 6.92 Å². The van der Waals surface area contributed by atoms with Gasteiger partial charge in [0.2, 0.25) is 0 Å². The van der Waals surface area contributed by atoms with Gasteiger partial charge in [-0.25, -0.2) is 0 Å². The Morgan fingerprint density at radius 1 is 1.13 bits per heavy atom. The van der Waals surface area contributed by atoms with E-state index in [9.17, 15) is 14.7 Å². The predicted molar refractivity (Wildman–Crippen MR) is 117 cm³/mol. The third-order valence-corrected chi connectivity index (χ3v) is 5.25. The van der Waals surface area contributed by atoms with Crippen LogP contribution in [-0.2, 0) is 9.59 Å². The number of aliphatic hydroxyl groups excluding tert-OH is 1. The molecule has 6 nitrogen and oxygen atoms in total. The molecule has 1 aromatic heterocycles. The summed E-state index contributed by atoms with van der Waals surface area (Å²) < 4.78 is 11.3. The fourth-order valence-corrected chi connectivity index (χ4v) is 3.75. The van der Waals surface area contributed by atoms with Gasteiger partial charge < -0.3 is 14.3 Å². The minimum atomic E-state index is -0.925. The van der Waals surface area contributed by atoms with Crippen molar-refractivity contribution in [2.75, 3.05) is 11.5 Å². The van der Waals surface area contributed by atoms with Crippen LogP contribution >= 0.6 is 11.6 Å². The molecular formula is C24H20ClNO5. The molecule has 2 aromatic carbocycles. The van der Waals surface area contributed by atoms with Crippen molar-refractivity contribution in [1.82, 2.24) is 0 Å². The summed E-state index contributed by atoms with van der Waals surface area (Å²) in [6.07, 6.45) is 0. The van der Waals surface area contributed by atoms with Crippen molar-refractivity contribution in [2.24, 2.45) is 0 Å². The van der Waals surface area contributed by atoms with Gasteiger partial charge in [-0.15, -0.1) is 0 Å². The monoisotopic (exact) mass is 437 g/mol. The Kier molecular flexibility index (Phi) is 5.57. The lowest BCUT2D eigenvalue weighted by molar-refractivity contribution is -0.132. The van der Waals surface area contributed by atoms with Crippen LogP contribution in [0, 0.1) is 6.92 Å². The standard InChI is InChI=1S/C24H20ClNO5/c1-3-30-18-6-4-5-15(13-18)22(27)20-21(19-12-7-14(2)31-19)26(24(29)23(20)28)17-10-8-16(25)9-11-17/h4-13,21,27H,3H2,1-2H3/b22-20-. The van der Waals surface area contributed by atoms with E-state index in [1.54, 1.807) is 67.6 Å². The lowest BCUT2D eigenvalue weighted by Gasteiger charge is -2.23. The van der Waals surface area contributed by atoms with Crippen LogP contribution < -0.4 is 9.64 Å². The van der Waals surface area contributed by atoms with Gasteiger partial charge >= 0.3 is 0 Å². The van der Waals surface area contributed by atoms with Crippen LogP contribution in [0.3, 0.4) is 0 Å². The minimum Gasteiger partial charge on any atom is -0.507 e. The number of aliphatic hydroxyl groups is 1. The van der Waals surface area contributed by atoms with E-state index in [0.29, 0.717) is 40.2 Å². The quantitative estimate of drug-likeness (QED) is 0.334. The normalized spacial score (nSPS) is 17.9.